The van der Waals surface area contributed by atoms with Crippen molar-refractivity contribution in [1.82, 2.24) is 0 Å². The first-order valence-corrected chi connectivity index (χ1v) is 4.36. The van der Waals surface area contributed by atoms with Crippen LogP contribution in [0.4, 0.5) is 0 Å². The third-order valence-corrected chi connectivity index (χ3v) is 2.33. The Kier molecular flexibility index (Phi) is 7.27. The van der Waals surface area contributed by atoms with Crippen LogP contribution >= 0.6 is 25.3 Å². The lowest BCUT2D eigenvalue weighted by atomic mass is 10.2. The first-order chi connectivity index (χ1) is 4.31. The molecule has 0 saturated carbocycles. The van der Waals surface area contributed by atoms with E-state index in [4.69, 9.17) is 5.11 Å². The molecule has 56 valence electrons. The fourth-order valence-corrected chi connectivity index (χ4v) is 0.948. The molecule has 9 heavy (non-hydrogen) atoms. The Morgan fingerprint density at radius 1 is 1.33 bits per heavy atom. The zero-order valence-corrected chi connectivity index (χ0v) is 7.24. The molecule has 0 bridgehead atoms. The first kappa shape index (κ1) is 9.66. The van der Waals surface area contributed by atoms with Crippen LogP contribution in [0.3, 0.4) is 0 Å². The topological polar surface area (TPSA) is 20.2 Å². The van der Waals surface area contributed by atoms with Crippen LogP contribution in [0.5, 0.6) is 0 Å². The van der Waals surface area contributed by atoms with E-state index in [1.54, 1.807) is 0 Å². The normalized spacial score (nSPS) is 13.7. The van der Waals surface area contributed by atoms with Gasteiger partial charge in [-0.25, -0.2) is 0 Å². The van der Waals surface area contributed by atoms with E-state index >= 15 is 0 Å². The van der Waals surface area contributed by atoms with Crippen molar-refractivity contribution in [3.05, 3.63) is 0 Å². The highest BCUT2D eigenvalue weighted by Gasteiger charge is 1.97. The Balaban J connectivity index is 2.88. The van der Waals surface area contributed by atoms with E-state index in [1.807, 2.05) is 0 Å². The minimum Gasteiger partial charge on any atom is -0.396 e. The SMILES string of the molecule is OCCCCC(S)CS. The molecule has 0 radical (unpaired) electrons. The Hall–Kier alpha value is 0.660. The molecule has 0 aliphatic rings. The van der Waals surface area contributed by atoms with Crippen molar-refractivity contribution in [2.75, 3.05) is 12.4 Å². The molecule has 0 spiro atoms. The van der Waals surface area contributed by atoms with Crippen LogP contribution in [-0.4, -0.2) is 22.7 Å². The fraction of sp³-hybridized carbons (Fsp3) is 1.00. The average molecular weight is 166 g/mol. The summed E-state index contributed by atoms with van der Waals surface area (Å²) >= 11 is 8.32. The number of hydrogen-bond donors (Lipinski definition) is 3. The van der Waals surface area contributed by atoms with Crippen molar-refractivity contribution < 1.29 is 5.11 Å². The molecule has 1 unspecified atom stereocenters. The second kappa shape index (κ2) is 6.78. The zero-order chi connectivity index (χ0) is 7.11. The zero-order valence-electron chi connectivity index (χ0n) is 5.45. The molecule has 0 heterocycles. The fourth-order valence-electron chi connectivity index (χ4n) is 0.583. The summed E-state index contributed by atoms with van der Waals surface area (Å²) in [6.45, 7) is 0.299. The number of thiol groups is 2. The van der Waals surface area contributed by atoms with Crippen molar-refractivity contribution >= 4 is 25.3 Å². The van der Waals surface area contributed by atoms with Gasteiger partial charge in [0.15, 0.2) is 0 Å². The Bertz CT molecular complexity index is 59.0. The molecule has 3 heteroatoms. The van der Waals surface area contributed by atoms with E-state index in [0.717, 1.165) is 25.0 Å². The van der Waals surface area contributed by atoms with E-state index in [0.29, 0.717) is 11.9 Å². The summed E-state index contributed by atoms with van der Waals surface area (Å²) < 4.78 is 0. The highest BCUT2D eigenvalue weighted by atomic mass is 32.1. The van der Waals surface area contributed by atoms with Gasteiger partial charge in [0.25, 0.3) is 0 Å². The molecule has 0 rings (SSSR count). The van der Waals surface area contributed by atoms with Gasteiger partial charge < -0.3 is 5.11 Å². The van der Waals surface area contributed by atoms with E-state index < -0.39 is 0 Å². The number of aliphatic hydroxyl groups is 1. The van der Waals surface area contributed by atoms with Crippen molar-refractivity contribution in [1.29, 1.82) is 0 Å². The van der Waals surface area contributed by atoms with E-state index in [1.165, 1.54) is 0 Å². The van der Waals surface area contributed by atoms with Gasteiger partial charge in [0.1, 0.15) is 0 Å². The Morgan fingerprint density at radius 2 is 2.00 bits per heavy atom. The smallest absolute Gasteiger partial charge is 0.0431 e. The van der Waals surface area contributed by atoms with Crippen LogP contribution in [-0.2, 0) is 0 Å². The maximum absolute atomic E-state index is 8.41. The summed E-state index contributed by atoms with van der Waals surface area (Å²) in [7, 11) is 0. The van der Waals surface area contributed by atoms with Crippen LogP contribution in [0.25, 0.3) is 0 Å². The lowest BCUT2D eigenvalue weighted by Crippen LogP contribution is -2.00. The van der Waals surface area contributed by atoms with Crippen LogP contribution in [0, 0.1) is 0 Å². The van der Waals surface area contributed by atoms with Gasteiger partial charge in [-0.3, -0.25) is 0 Å². The maximum atomic E-state index is 8.41. The van der Waals surface area contributed by atoms with Crippen molar-refractivity contribution in [3.63, 3.8) is 0 Å². The molecule has 0 saturated heterocycles. The predicted molar refractivity (Wildman–Crippen MR) is 47.6 cm³/mol. The predicted octanol–water partition coefficient (Wildman–Crippen LogP) is 1.38. The van der Waals surface area contributed by atoms with Gasteiger partial charge >= 0.3 is 0 Å². The third kappa shape index (κ3) is 6.55. The number of aliphatic hydroxyl groups excluding tert-OH is 1. The van der Waals surface area contributed by atoms with Crippen molar-refractivity contribution in [3.8, 4) is 0 Å². The molecule has 1 atom stereocenters. The molecular formula is C6H14OS2. The maximum Gasteiger partial charge on any atom is 0.0431 e. The van der Waals surface area contributed by atoms with E-state index in [-0.39, 0.29) is 0 Å². The summed E-state index contributed by atoms with van der Waals surface area (Å²) in [5.41, 5.74) is 0. The van der Waals surface area contributed by atoms with Crippen LogP contribution < -0.4 is 0 Å². The lowest BCUT2D eigenvalue weighted by molar-refractivity contribution is 0.283. The molecule has 1 N–H and O–H groups in total. The van der Waals surface area contributed by atoms with Gasteiger partial charge in [0.05, 0.1) is 0 Å². The van der Waals surface area contributed by atoms with Gasteiger partial charge in [-0.2, -0.15) is 25.3 Å². The van der Waals surface area contributed by atoms with E-state index in [9.17, 15) is 0 Å². The minimum absolute atomic E-state index is 0.299. The summed E-state index contributed by atoms with van der Waals surface area (Å²) in [5.74, 6) is 0.828. The molecular weight excluding hydrogens is 152 g/mol. The highest BCUT2D eigenvalue weighted by molar-refractivity contribution is 7.84. The van der Waals surface area contributed by atoms with Gasteiger partial charge in [-0.15, -0.1) is 0 Å². The molecule has 0 aromatic carbocycles. The number of unbranched alkanes of at least 4 members (excludes halogenated alkanes) is 1. The minimum atomic E-state index is 0.299. The lowest BCUT2D eigenvalue weighted by Gasteiger charge is -2.04. The Morgan fingerprint density at radius 3 is 2.44 bits per heavy atom. The Labute approximate surface area is 67.7 Å². The summed E-state index contributed by atoms with van der Waals surface area (Å²) in [6.07, 6.45) is 3.02. The quantitative estimate of drug-likeness (QED) is 0.416. The average Bonchev–Trinajstić information content (AvgIpc) is 1.89. The molecule has 0 aliphatic carbocycles. The second-order valence-electron chi connectivity index (χ2n) is 2.06. The molecule has 0 aliphatic heterocycles. The van der Waals surface area contributed by atoms with Crippen LogP contribution in [0.1, 0.15) is 19.3 Å². The summed E-state index contributed by atoms with van der Waals surface area (Å²) in [6, 6.07) is 0. The molecule has 1 nitrogen and oxygen atoms in total. The number of rotatable bonds is 5. The number of hydrogen-bond acceptors (Lipinski definition) is 3. The molecule has 0 aromatic heterocycles. The highest BCUT2D eigenvalue weighted by Crippen LogP contribution is 2.07. The molecule has 0 amide bonds. The molecule has 0 aromatic rings. The largest absolute Gasteiger partial charge is 0.396 e. The van der Waals surface area contributed by atoms with Crippen LogP contribution in [0.2, 0.25) is 0 Å². The monoisotopic (exact) mass is 166 g/mol. The van der Waals surface area contributed by atoms with Crippen molar-refractivity contribution in [2.45, 2.75) is 24.5 Å². The van der Waals surface area contributed by atoms with Gasteiger partial charge in [-0.05, 0) is 12.8 Å². The van der Waals surface area contributed by atoms with Gasteiger partial charge in [-0.1, -0.05) is 6.42 Å². The van der Waals surface area contributed by atoms with Crippen molar-refractivity contribution in [2.24, 2.45) is 0 Å². The first-order valence-electron chi connectivity index (χ1n) is 3.21. The second-order valence-corrected chi connectivity index (χ2v) is 3.15. The van der Waals surface area contributed by atoms with Gasteiger partial charge in [0.2, 0.25) is 0 Å². The summed E-state index contributed by atoms with van der Waals surface area (Å²) in [5, 5.41) is 8.81. The van der Waals surface area contributed by atoms with E-state index in [2.05, 4.69) is 25.3 Å². The molecule has 0 fully saturated rings. The van der Waals surface area contributed by atoms with Crippen LogP contribution in [0.15, 0.2) is 0 Å². The van der Waals surface area contributed by atoms with Gasteiger partial charge in [0, 0.05) is 17.6 Å². The standard InChI is InChI=1S/C6H14OS2/c7-4-2-1-3-6(9)5-8/h6-9H,1-5H2. The third-order valence-electron chi connectivity index (χ3n) is 1.16. The summed E-state index contributed by atoms with van der Waals surface area (Å²) in [4.78, 5) is 0.